The molecule has 0 aliphatic carbocycles. The molecule has 0 spiro atoms. The largest absolute Gasteiger partial charge is 0.374 e. The third kappa shape index (κ3) is 6.16. The molecule has 0 saturated carbocycles. The summed E-state index contributed by atoms with van der Waals surface area (Å²) in [4.78, 5) is 8.52. The van der Waals surface area contributed by atoms with Gasteiger partial charge in [0.1, 0.15) is 35.9 Å². The highest BCUT2D eigenvalue weighted by atomic mass is 16.6. The van der Waals surface area contributed by atoms with Gasteiger partial charge < -0.3 is 24.7 Å². The molecule has 8 heteroatoms. The van der Waals surface area contributed by atoms with Crippen molar-refractivity contribution in [1.29, 1.82) is 0 Å². The molecule has 8 nitrogen and oxygen atoms in total. The van der Waals surface area contributed by atoms with Gasteiger partial charge in [-0.3, -0.25) is 4.40 Å². The number of hydrogen-bond donors (Lipinski definition) is 1. The van der Waals surface area contributed by atoms with E-state index in [0.29, 0.717) is 38.0 Å². The van der Waals surface area contributed by atoms with E-state index in [-0.39, 0.29) is 0 Å². The first-order valence-electron chi connectivity index (χ1n) is 13.8. The average molecular weight is 551 g/mol. The Hall–Kier alpha value is -4.08. The highest BCUT2D eigenvalue weighted by Gasteiger charge is 2.55. The summed E-state index contributed by atoms with van der Waals surface area (Å²) in [6.45, 7) is 3.65. The Kier molecular flexibility index (Phi) is 8.07. The third-order valence-electron chi connectivity index (χ3n) is 7.43. The number of nitrogen functional groups attached to an aromatic ring is 1. The minimum atomic E-state index is -0.805. The molecule has 2 aromatic heterocycles. The summed E-state index contributed by atoms with van der Waals surface area (Å²) in [6.07, 6.45) is 2.06. The van der Waals surface area contributed by atoms with Gasteiger partial charge in [0, 0.05) is 11.8 Å². The first-order chi connectivity index (χ1) is 20.1. The number of rotatable bonds is 11. The Morgan fingerprint density at radius 1 is 0.805 bits per heavy atom. The van der Waals surface area contributed by atoms with Gasteiger partial charge in [0.2, 0.25) is 5.95 Å². The van der Waals surface area contributed by atoms with Crippen LogP contribution in [0.25, 0.3) is 5.65 Å². The predicted octanol–water partition coefficient (Wildman–Crippen LogP) is 5.53. The van der Waals surface area contributed by atoms with Crippen LogP contribution in [0.1, 0.15) is 35.3 Å². The van der Waals surface area contributed by atoms with Gasteiger partial charge in [-0.15, -0.1) is 0 Å². The summed E-state index contributed by atoms with van der Waals surface area (Å²) in [5.74, 6) is 0.354. The van der Waals surface area contributed by atoms with Crippen molar-refractivity contribution in [3.8, 4) is 0 Å². The van der Waals surface area contributed by atoms with Crippen LogP contribution < -0.4 is 5.73 Å². The number of anilines is 1. The van der Waals surface area contributed by atoms with Crippen molar-refractivity contribution in [2.24, 2.45) is 0 Å². The van der Waals surface area contributed by atoms with Crippen molar-refractivity contribution >= 4 is 11.6 Å². The lowest BCUT2D eigenvalue weighted by Gasteiger charge is -2.32. The van der Waals surface area contributed by atoms with Gasteiger partial charge in [-0.25, -0.2) is 9.97 Å². The smallest absolute Gasteiger partial charge is 0.207 e. The summed E-state index contributed by atoms with van der Waals surface area (Å²) in [6, 6.07) is 32.3. The maximum absolute atomic E-state index is 6.87. The van der Waals surface area contributed by atoms with Gasteiger partial charge in [0.25, 0.3) is 0 Å². The van der Waals surface area contributed by atoms with Crippen LogP contribution in [0, 0.1) is 0 Å². The minimum absolute atomic E-state index is 0.318. The lowest BCUT2D eigenvalue weighted by molar-refractivity contribution is -0.140. The second-order valence-electron chi connectivity index (χ2n) is 10.5. The molecule has 1 aliphatic rings. The molecule has 3 aromatic carbocycles. The summed E-state index contributed by atoms with van der Waals surface area (Å²) in [7, 11) is 0. The molecule has 5 aromatic rings. The Labute approximate surface area is 239 Å². The number of benzene rings is 3. The highest BCUT2D eigenvalue weighted by molar-refractivity contribution is 5.48. The van der Waals surface area contributed by atoms with Gasteiger partial charge in [-0.1, -0.05) is 91.0 Å². The van der Waals surface area contributed by atoms with Crippen LogP contribution in [0.3, 0.4) is 0 Å². The number of nitrogens with two attached hydrogens (primary N) is 1. The van der Waals surface area contributed by atoms with E-state index in [1.165, 1.54) is 6.33 Å². The van der Waals surface area contributed by atoms with Gasteiger partial charge in [-0.05, 0) is 29.7 Å². The standard InChI is InChI=1S/C33H34N4O4/c1-33(22-38-19-24-11-5-2-6-12-24)31(40-21-26-15-9-4-10-16-26)30(39-20-25-13-7-3-8-14-25)29(41-33)27-17-28-35-23-36-32(34)37(28)18-27/h2-18,23,29-31H,19-22H2,1H3,(H2,34,35,36)/t29-,30-,31-,33+/m0/s1. The van der Waals surface area contributed by atoms with Crippen molar-refractivity contribution < 1.29 is 18.9 Å². The molecule has 0 bridgehead atoms. The molecule has 1 fully saturated rings. The summed E-state index contributed by atoms with van der Waals surface area (Å²) >= 11 is 0. The summed E-state index contributed by atoms with van der Waals surface area (Å²) in [5, 5.41) is 0. The topological polar surface area (TPSA) is 93.1 Å². The van der Waals surface area contributed by atoms with Crippen molar-refractivity contribution in [3.63, 3.8) is 0 Å². The van der Waals surface area contributed by atoms with Crippen LogP contribution in [0.5, 0.6) is 0 Å². The molecule has 6 rings (SSSR count). The first-order valence-corrected chi connectivity index (χ1v) is 13.8. The van der Waals surface area contributed by atoms with E-state index in [4.69, 9.17) is 24.7 Å². The van der Waals surface area contributed by atoms with E-state index < -0.39 is 23.9 Å². The fraction of sp³-hybridized carbons (Fsp3) is 0.273. The zero-order valence-electron chi connectivity index (χ0n) is 23.0. The number of ether oxygens (including phenoxy) is 4. The lowest BCUT2D eigenvalue weighted by Crippen LogP contribution is -2.46. The van der Waals surface area contributed by atoms with E-state index in [0.717, 1.165) is 22.3 Å². The van der Waals surface area contributed by atoms with E-state index in [1.54, 1.807) is 4.40 Å². The quantitative estimate of drug-likeness (QED) is 0.231. The van der Waals surface area contributed by atoms with Crippen molar-refractivity contribution in [2.45, 2.75) is 50.7 Å². The number of aromatic nitrogens is 3. The van der Waals surface area contributed by atoms with Crippen LogP contribution in [-0.2, 0) is 38.8 Å². The zero-order chi connectivity index (χ0) is 28.1. The van der Waals surface area contributed by atoms with Crippen LogP contribution in [0.2, 0.25) is 0 Å². The second-order valence-corrected chi connectivity index (χ2v) is 10.5. The SMILES string of the molecule is C[C@]1(COCc2ccccc2)O[C@@H](c2cc3ncnc(N)n3c2)[C@H](OCc2ccccc2)[C@@H]1OCc1ccccc1. The van der Waals surface area contributed by atoms with Gasteiger partial charge in [0.15, 0.2) is 0 Å². The van der Waals surface area contributed by atoms with Gasteiger partial charge in [-0.2, -0.15) is 0 Å². The molecule has 1 aliphatic heterocycles. The predicted molar refractivity (Wildman–Crippen MR) is 156 cm³/mol. The molecule has 3 heterocycles. The van der Waals surface area contributed by atoms with Crippen LogP contribution in [0.15, 0.2) is 110 Å². The van der Waals surface area contributed by atoms with E-state index in [9.17, 15) is 0 Å². The third-order valence-corrected chi connectivity index (χ3v) is 7.43. The molecule has 0 radical (unpaired) electrons. The molecule has 1 saturated heterocycles. The molecule has 2 N–H and O–H groups in total. The summed E-state index contributed by atoms with van der Waals surface area (Å²) in [5.41, 5.74) is 10.2. The molecule has 4 atom stereocenters. The lowest BCUT2D eigenvalue weighted by atomic mass is 9.95. The molecular weight excluding hydrogens is 516 g/mol. The average Bonchev–Trinajstić information content (AvgIpc) is 3.56. The van der Waals surface area contributed by atoms with Crippen molar-refractivity contribution in [1.82, 2.24) is 14.4 Å². The van der Waals surface area contributed by atoms with Crippen LogP contribution in [-0.4, -0.2) is 38.8 Å². The Morgan fingerprint density at radius 2 is 1.39 bits per heavy atom. The Bertz CT molecular complexity index is 1550. The number of fused-ring (bicyclic) bond motifs is 1. The summed E-state index contributed by atoms with van der Waals surface area (Å²) < 4.78 is 28.2. The maximum atomic E-state index is 6.87. The Morgan fingerprint density at radius 3 is 2.00 bits per heavy atom. The highest BCUT2D eigenvalue weighted by Crippen LogP contribution is 2.44. The molecule has 0 amide bonds. The normalized spacial score (nSPS) is 22.3. The van der Waals surface area contributed by atoms with Gasteiger partial charge in [0.05, 0.1) is 26.4 Å². The van der Waals surface area contributed by atoms with E-state index in [1.807, 2.05) is 85.9 Å². The molecule has 0 unspecified atom stereocenters. The monoisotopic (exact) mass is 550 g/mol. The first kappa shape index (κ1) is 27.1. The van der Waals surface area contributed by atoms with E-state index in [2.05, 4.69) is 34.2 Å². The van der Waals surface area contributed by atoms with Gasteiger partial charge >= 0.3 is 0 Å². The van der Waals surface area contributed by atoms with E-state index >= 15 is 0 Å². The Balaban J connectivity index is 1.32. The number of nitrogens with zero attached hydrogens (tertiary/aromatic N) is 3. The molecule has 41 heavy (non-hydrogen) atoms. The van der Waals surface area contributed by atoms with Crippen LogP contribution >= 0.6 is 0 Å². The fourth-order valence-electron chi connectivity index (χ4n) is 5.34. The molecular formula is C33H34N4O4. The number of hydrogen-bond acceptors (Lipinski definition) is 7. The zero-order valence-corrected chi connectivity index (χ0v) is 23.0. The van der Waals surface area contributed by atoms with Crippen LogP contribution in [0.4, 0.5) is 5.95 Å². The van der Waals surface area contributed by atoms with Crippen molar-refractivity contribution in [3.05, 3.63) is 132 Å². The van der Waals surface area contributed by atoms with Crippen molar-refractivity contribution in [2.75, 3.05) is 12.3 Å². The maximum Gasteiger partial charge on any atom is 0.207 e. The minimum Gasteiger partial charge on any atom is -0.374 e. The second kappa shape index (κ2) is 12.2. The fourth-order valence-corrected chi connectivity index (χ4v) is 5.34. The molecule has 210 valence electrons.